The zero-order valence-electron chi connectivity index (χ0n) is 25.0. The van der Waals surface area contributed by atoms with E-state index in [2.05, 4.69) is 38.1 Å². The summed E-state index contributed by atoms with van der Waals surface area (Å²) in [6.45, 7) is 5.28. The molecule has 0 saturated carbocycles. The number of benzene rings is 3. The van der Waals surface area contributed by atoms with Crippen molar-refractivity contribution >= 4 is 5.97 Å². The van der Waals surface area contributed by atoms with Crippen molar-refractivity contribution in [3.8, 4) is 22.6 Å². The van der Waals surface area contributed by atoms with Gasteiger partial charge >= 0.3 is 5.97 Å². The number of rotatable bonds is 20. The van der Waals surface area contributed by atoms with Crippen molar-refractivity contribution in [2.75, 3.05) is 6.61 Å². The Labute approximate surface area is 243 Å². The minimum atomic E-state index is -0.322. The number of hydrogen-bond acceptors (Lipinski definition) is 3. The van der Waals surface area contributed by atoms with E-state index >= 15 is 0 Å². The Morgan fingerprint density at radius 3 is 1.55 bits per heavy atom. The van der Waals surface area contributed by atoms with E-state index in [0.29, 0.717) is 11.3 Å². The first kappa shape index (κ1) is 31.5. The lowest BCUT2D eigenvalue weighted by Gasteiger charge is -2.09. The highest BCUT2D eigenvalue weighted by Gasteiger charge is 2.09. The zero-order chi connectivity index (χ0) is 28.3. The van der Waals surface area contributed by atoms with Crippen LogP contribution in [0.2, 0.25) is 0 Å². The van der Waals surface area contributed by atoms with E-state index < -0.39 is 0 Å². The number of unbranched alkanes of at least 4 members (excludes halogenated alkanes) is 12. The molecule has 0 amide bonds. The largest absolute Gasteiger partial charge is 0.494 e. The highest BCUT2D eigenvalue weighted by atomic mass is 16.5. The summed E-state index contributed by atoms with van der Waals surface area (Å²) in [6, 6.07) is 23.8. The molecule has 0 saturated heterocycles. The predicted octanol–water partition coefficient (Wildman–Crippen LogP) is 11.0. The molecule has 0 aliphatic carbocycles. The summed E-state index contributed by atoms with van der Waals surface area (Å²) < 4.78 is 11.6. The Hall–Kier alpha value is -3.07. The molecule has 3 aromatic rings. The number of hydrogen-bond donors (Lipinski definition) is 0. The van der Waals surface area contributed by atoms with Crippen molar-refractivity contribution in [1.29, 1.82) is 0 Å². The maximum atomic E-state index is 12.6. The van der Waals surface area contributed by atoms with Gasteiger partial charge in [0.2, 0.25) is 0 Å². The van der Waals surface area contributed by atoms with Crippen molar-refractivity contribution in [1.82, 2.24) is 0 Å². The summed E-state index contributed by atoms with van der Waals surface area (Å²) in [4.78, 5) is 12.6. The van der Waals surface area contributed by atoms with Crippen molar-refractivity contribution in [2.45, 2.75) is 110 Å². The fourth-order valence-electron chi connectivity index (χ4n) is 4.97. The van der Waals surface area contributed by atoms with Crippen LogP contribution in [-0.2, 0) is 6.42 Å². The van der Waals surface area contributed by atoms with Gasteiger partial charge in [-0.2, -0.15) is 0 Å². The molecule has 0 bridgehead atoms. The Bertz CT molecular complexity index is 1070. The van der Waals surface area contributed by atoms with Crippen LogP contribution >= 0.6 is 0 Å². The van der Waals surface area contributed by atoms with Gasteiger partial charge in [-0.1, -0.05) is 127 Å². The molecule has 0 aliphatic rings. The maximum absolute atomic E-state index is 12.6. The lowest BCUT2D eigenvalue weighted by molar-refractivity contribution is 0.0734. The van der Waals surface area contributed by atoms with E-state index in [4.69, 9.17) is 9.47 Å². The number of aryl methyl sites for hydroxylation is 1. The molecule has 0 heterocycles. The smallest absolute Gasteiger partial charge is 0.343 e. The number of ether oxygens (including phenoxy) is 2. The maximum Gasteiger partial charge on any atom is 0.343 e. The van der Waals surface area contributed by atoms with Gasteiger partial charge in [0.15, 0.2) is 0 Å². The molecule has 0 unspecified atom stereocenters. The van der Waals surface area contributed by atoms with Crippen LogP contribution in [0.1, 0.15) is 120 Å². The van der Waals surface area contributed by atoms with Crippen molar-refractivity contribution in [3.63, 3.8) is 0 Å². The zero-order valence-corrected chi connectivity index (χ0v) is 25.0. The van der Waals surface area contributed by atoms with E-state index in [9.17, 15) is 4.79 Å². The third kappa shape index (κ3) is 12.0. The first-order valence-corrected chi connectivity index (χ1v) is 15.8. The summed E-state index contributed by atoms with van der Waals surface area (Å²) in [6.07, 6.45) is 19.2. The van der Waals surface area contributed by atoms with Gasteiger partial charge in [-0.3, -0.25) is 0 Å². The van der Waals surface area contributed by atoms with E-state index in [1.807, 2.05) is 48.5 Å². The minimum absolute atomic E-state index is 0.322. The fourth-order valence-corrected chi connectivity index (χ4v) is 4.97. The molecule has 3 nitrogen and oxygen atoms in total. The van der Waals surface area contributed by atoms with Gasteiger partial charge in [0.05, 0.1) is 12.2 Å². The molecule has 3 aromatic carbocycles. The summed E-state index contributed by atoms with van der Waals surface area (Å²) in [7, 11) is 0. The van der Waals surface area contributed by atoms with Gasteiger partial charge in [-0.25, -0.2) is 4.79 Å². The SMILES string of the molecule is CCCCCCCCCCOc1ccc(-c2ccc(OC(=O)c3ccc(CCCCCCCC)cc3)cc2)cc1. The summed E-state index contributed by atoms with van der Waals surface area (Å²) in [5, 5.41) is 0. The third-order valence-electron chi connectivity index (χ3n) is 7.53. The molecule has 0 aliphatic heterocycles. The molecule has 0 fully saturated rings. The van der Waals surface area contributed by atoms with Gasteiger partial charge in [-0.05, 0) is 72.4 Å². The number of esters is 1. The van der Waals surface area contributed by atoms with Gasteiger partial charge < -0.3 is 9.47 Å². The Balaban J connectivity index is 1.37. The van der Waals surface area contributed by atoms with Gasteiger partial charge in [0.1, 0.15) is 11.5 Å². The highest BCUT2D eigenvalue weighted by Crippen LogP contribution is 2.25. The van der Waals surface area contributed by atoms with E-state index in [1.165, 1.54) is 89.0 Å². The Morgan fingerprint density at radius 2 is 1.00 bits per heavy atom. The fraction of sp³-hybridized carbons (Fsp3) is 0.486. The topological polar surface area (TPSA) is 35.5 Å². The molecule has 40 heavy (non-hydrogen) atoms. The second kappa shape index (κ2) is 19.1. The number of carbonyl (C=O) groups excluding carboxylic acids is 1. The van der Waals surface area contributed by atoms with Crippen molar-refractivity contribution in [2.24, 2.45) is 0 Å². The summed E-state index contributed by atoms with van der Waals surface area (Å²) in [5.41, 5.74) is 4.05. The summed E-state index contributed by atoms with van der Waals surface area (Å²) >= 11 is 0. The Kier molecular flexibility index (Phi) is 15.0. The third-order valence-corrected chi connectivity index (χ3v) is 7.53. The molecule has 0 spiro atoms. The molecular formula is C37H50O3. The van der Waals surface area contributed by atoms with Crippen LogP contribution in [0.15, 0.2) is 72.8 Å². The highest BCUT2D eigenvalue weighted by molar-refractivity contribution is 5.91. The van der Waals surface area contributed by atoms with Crippen LogP contribution in [0.4, 0.5) is 0 Å². The minimum Gasteiger partial charge on any atom is -0.494 e. The molecule has 3 heteroatoms. The van der Waals surface area contributed by atoms with E-state index in [-0.39, 0.29) is 5.97 Å². The van der Waals surface area contributed by atoms with Crippen molar-refractivity contribution < 1.29 is 14.3 Å². The lowest BCUT2D eigenvalue weighted by atomic mass is 10.0. The van der Waals surface area contributed by atoms with Crippen LogP contribution in [0.3, 0.4) is 0 Å². The summed E-state index contributed by atoms with van der Waals surface area (Å²) in [5.74, 6) is 1.14. The molecular weight excluding hydrogens is 492 g/mol. The first-order valence-electron chi connectivity index (χ1n) is 15.8. The molecule has 0 atom stereocenters. The van der Waals surface area contributed by atoms with E-state index in [1.54, 1.807) is 0 Å². The second-order valence-electron chi connectivity index (χ2n) is 11.0. The molecule has 216 valence electrons. The standard InChI is InChI=1S/C37H50O3/c1-3-5-7-9-11-12-14-16-30-39-35-26-22-32(23-27-35)33-24-28-36(29-25-33)40-37(38)34-20-18-31(19-21-34)17-15-13-10-8-6-4-2/h18-29H,3-17,30H2,1-2H3. The van der Waals surface area contributed by atoms with Crippen LogP contribution in [-0.4, -0.2) is 12.6 Å². The molecule has 0 radical (unpaired) electrons. The first-order chi connectivity index (χ1) is 19.7. The van der Waals surface area contributed by atoms with Gasteiger partial charge in [-0.15, -0.1) is 0 Å². The number of carbonyl (C=O) groups is 1. The van der Waals surface area contributed by atoms with Crippen LogP contribution in [0.5, 0.6) is 11.5 Å². The normalized spacial score (nSPS) is 10.9. The average Bonchev–Trinajstić information content (AvgIpc) is 2.99. The quantitative estimate of drug-likeness (QED) is 0.0809. The van der Waals surface area contributed by atoms with Crippen LogP contribution < -0.4 is 9.47 Å². The monoisotopic (exact) mass is 542 g/mol. The Morgan fingerprint density at radius 1 is 0.525 bits per heavy atom. The van der Waals surface area contributed by atoms with Crippen molar-refractivity contribution in [3.05, 3.63) is 83.9 Å². The lowest BCUT2D eigenvalue weighted by Crippen LogP contribution is -2.08. The average molecular weight is 543 g/mol. The van der Waals surface area contributed by atoms with Crippen LogP contribution in [0.25, 0.3) is 11.1 Å². The molecule has 3 rings (SSSR count). The second-order valence-corrected chi connectivity index (χ2v) is 11.0. The molecule has 0 N–H and O–H groups in total. The van der Waals surface area contributed by atoms with Gasteiger partial charge in [0, 0.05) is 0 Å². The van der Waals surface area contributed by atoms with Gasteiger partial charge in [0.25, 0.3) is 0 Å². The van der Waals surface area contributed by atoms with Crippen LogP contribution in [0, 0.1) is 0 Å². The predicted molar refractivity (Wildman–Crippen MR) is 168 cm³/mol. The molecule has 0 aromatic heterocycles. The van der Waals surface area contributed by atoms with E-state index in [0.717, 1.165) is 36.3 Å².